The van der Waals surface area contributed by atoms with Gasteiger partial charge >= 0.3 is 0 Å². The minimum Gasteiger partial charge on any atom is -0.465 e. The van der Waals surface area contributed by atoms with Crippen molar-refractivity contribution in [2.24, 2.45) is 0 Å². The van der Waals surface area contributed by atoms with Gasteiger partial charge in [-0.15, -0.1) is 0 Å². The Hall–Kier alpha value is -1.64. The molecule has 20 heavy (non-hydrogen) atoms. The van der Waals surface area contributed by atoms with Gasteiger partial charge in [-0.2, -0.15) is 0 Å². The Bertz CT molecular complexity index is 554. The lowest BCUT2D eigenvalue weighted by atomic mass is 10.3. The second kappa shape index (κ2) is 6.69. The molecule has 1 aliphatic rings. The molecule has 1 aromatic rings. The van der Waals surface area contributed by atoms with Crippen LogP contribution in [0.15, 0.2) is 27.7 Å². The molecule has 0 spiro atoms. The standard InChI is InChI=1S/C12H12N2O4S2/c15-4-3-13-10(16)7-14-11(17)9(20-12(14)19)6-8-2-1-5-18-8/h1-2,5-6,15H,3-4,7H2,(H,13,16)/b9-6-. The average molecular weight is 312 g/mol. The summed E-state index contributed by atoms with van der Waals surface area (Å²) in [7, 11) is 0. The zero-order chi connectivity index (χ0) is 14.5. The van der Waals surface area contributed by atoms with Crippen LogP contribution in [0.5, 0.6) is 0 Å². The van der Waals surface area contributed by atoms with Crippen LogP contribution in [0.25, 0.3) is 6.08 Å². The van der Waals surface area contributed by atoms with Crippen molar-refractivity contribution in [1.29, 1.82) is 0 Å². The molecule has 2 heterocycles. The SMILES string of the molecule is O=C(CN1C(=O)/C(=C/c2ccco2)SC1=S)NCCO. The summed E-state index contributed by atoms with van der Waals surface area (Å²) in [5.41, 5.74) is 0. The Morgan fingerprint density at radius 1 is 1.60 bits per heavy atom. The number of thioether (sulfide) groups is 1. The van der Waals surface area contributed by atoms with Crippen molar-refractivity contribution in [3.05, 3.63) is 29.1 Å². The van der Waals surface area contributed by atoms with E-state index in [2.05, 4.69) is 5.32 Å². The highest BCUT2D eigenvalue weighted by atomic mass is 32.2. The average Bonchev–Trinajstić information content (AvgIpc) is 3.01. The van der Waals surface area contributed by atoms with Crippen LogP contribution in [-0.4, -0.2) is 45.8 Å². The molecule has 2 amide bonds. The van der Waals surface area contributed by atoms with Crippen molar-refractivity contribution < 1.29 is 19.1 Å². The van der Waals surface area contributed by atoms with Crippen LogP contribution in [0.4, 0.5) is 0 Å². The molecule has 0 atom stereocenters. The Balaban J connectivity index is 2.04. The molecule has 8 heteroatoms. The van der Waals surface area contributed by atoms with E-state index in [9.17, 15) is 9.59 Å². The van der Waals surface area contributed by atoms with Crippen LogP contribution in [0.2, 0.25) is 0 Å². The normalized spacial score (nSPS) is 17.1. The summed E-state index contributed by atoms with van der Waals surface area (Å²) in [5, 5.41) is 11.1. The fourth-order valence-corrected chi connectivity index (χ4v) is 2.77. The lowest BCUT2D eigenvalue weighted by molar-refractivity contribution is -0.128. The molecular weight excluding hydrogens is 300 g/mol. The molecule has 2 rings (SSSR count). The number of furan rings is 1. The van der Waals surface area contributed by atoms with E-state index in [4.69, 9.17) is 21.7 Å². The second-order valence-electron chi connectivity index (χ2n) is 3.86. The summed E-state index contributed by atoms with van der Waals surface area (Å²) in [4.78, 5) is 25.3. The predicted molar refractivity (Wildman–Crippen MR) is 78.7 cm³/mol. The molecule has 1 aromatic heterocycles. The smallest absolute Gasteiger partial charge is 0.266 e. The minimum atomic E-state index is -0.366. The maximum Gasteiger partial charge on any atom is 0.266 e. The van der Waals surface area contributed by atoms with Crippen molar-refractivity contribution in [3.63, 3.8) is 0 Å². The number of nitrogens with one attached hydrogen (secondary N) is 1. The lowest BCUT2D eigenvalue weighted by Gasteiger charge is -2.13. The van der Waals surface area contributed by atoms with Gasteiger partial charge in [0.25, 0.3) is 5.91 Å². The number of carbonyl (C=O) groups is 2. The third-order valence-corrected chi connectivity index (χ3v) is 3.80. The molecule has 0 saturated carbocycles. The molecule has 6 nitrogen and oxygen atoms in total. The molecule has 2 N–H and O–H groups in total. The number of amides is 2. The summed E-state index contributed by atoms with van der Waals surface area (Å²) >= 11 is 6.21. The number of nitrogens with zero attached hydrogens (tertiary/aromatic N) is 1. The first-order valence-corrected chi connectivity index (χ1v) is 7.00. The van der Waals surface area contributed by atoms with Gasteiger partial charge in [0, 0.05) is 12.6 Å². The number of thiocarbonyl (C=S) groups is 1. The van der Waals surface area contributed by atoms with E-state index >= 15 is 0 Å². The first kappa shape index (κ1) is 14.8. The van der Waals surface area contributed by atoms with Crippen molar-refractivity contribution >= 4 is 46.2 Å². The molecule has 0 aliphatic carbocycles. The molecule has 1 fully saturated rings. The van der Waals surface area contributed by atoms with Crippen LogP contribution >= 0.6 is 24.0 Å². The molecule has 0 radical (unpaired) electrons. The van der Waals surface area contributed by atoms with Gasteiger partial charge in [-0.05, 0) is 12.1 Å². The minimum absolute atomic E-state index is 0.149. The summed E-state index contributed by atoms with van der Waals surface area (Å²) in [5.74, 6) is -0.139. The van der Waals surface area contributed by atoms with E-state index < -0.39 is 0 Å². The highest BCUT2D eigenvalue weighted by Gasteiger charge is 2.33. The molecule has 0 bridgehead atoms. The number of aliphatic hydroxyl groups is 1. The van der Waals surface area contributed by atoms with Crippen LogP contribution < -0.4 is 5.32 Å². The molecule has 0 aromatic carbocycles. The van der Waals surface area contributed by atoms with E-state index in [1.165, 1.54) is 11.2 Å². The summed E-state index contributed by atoms with van der Waals surface area (Å²) in [6, 6.07) is 3.44. The van der Waals surface area contributed by atoms with Gasteiger partial charge in [0.1, 0.15) is 16.6 Å². The van der Waals surface area contributed by atoms with Gasteiger partial charge in [-0.1, -0.05) is 24.0 Å². The van der Waals surface area contributed by atoms with Crippen molar-refractivity contribution in [1.82, 2.24) is 10.2 Å². The lowest BCUT2D eigenvalue weighted by Crippen LogP contribution is -2.40. The summed E-state index contributed by atoms with van der Waals surface area (Å²) in [6.45, 7) is -0.154. The Morgan fingerprint density at radius 2 is 2.40 bits per heavy atom. The monoisotopic (exact) mass is 312 g/mol. The van der Waals surface area contributed by atoms with E-state index in [1.807, 2.05) is 0 Å². The maximum atomic E-state index is 12.1. The van der Waals surface area contributed by atoms with E-state index in [1.54, 1.807) is 18.2 Å². The van der Waals surface area contributed by atoms with E-state index in [0.717, 1.165) is 11.8 Å². The topological polar surface area (TPSA) is 82.8 Å². The number of aliphatic hydroxyl groups excluding tert-OH is 1. The number of carbonyl (C=O) groups excluding carboxylic acids is 2. The molecule has 106 valence electrons. The molecule has 1 aliphatic heterocycles. The first-order valence-electron chi connectivity index (χ1n) is 5.78. The van der Waals surface area contributed by atoms with Crippen molar-refractivity contribution in [2.45, 2.75) is 0 Å². The predicted octanol–water partition coefficient (Wildman–Crippen LogP) is 0.589. The van der Waals surface area contributed by atoms with Crippen molar-refractivity contribution in [3.8, 4) is 0 Å². The zero-order valence-corrected chi connectivity index (χ0v) is 12.0. The first-order chi connectivity index (χ1) is 9.61. The highest BCUT2D eigenvalue weighted by molar-refractivity contribution is 8.26. The van der Waals surface area contributed by atoms with Gasteiger partial charge in [-0.25, -0.2) is 0 Å². The third kappa shape index (κ3) is 3.47. The van der Waals surface area contributed by atoms with Gasteiger partial charge in [0.2, 0.25) is 5.91 Å². The molecular formula is C12H12N2O4S2. The van der Waals surface area contributed by atoms with Crippen LogP contribution in [-0.2, 0) is 9.59 Å². The van der Waals surface area contributed by atoms with E-state index in [0.29, 0.717) is 15.0 Å². The van der Waals surface area contributed by atoms with Gasteiger partial charge in [0.05, 0.1) is 17.8 Å². The number of hydrogen-bond donors (Lipinski definition) is 2. The van der Waals surface area contributed by atoms with Crippen molar-refractivity contribution in [2.75, 3.05) is 19.7 Å². The summed E-state index contributed by atoms with van der Waals surface area (Å²) < 4.78 is 5.46. The zero-order valence-electron chi connectivity index (χ0n) is 10.4. The fourth-order valence-electron chi connectivity index (χ4n) is 1.53. The van der Waals surface area contributed by atoms with Crippen LogP contribution in [0.3, 0.4) is 0 Å². The molecule has 0 unspecified atom stereocenters. The van der Waals surface area contributed by atoms with Gasteiger partial charge in [0.15, 0.2) is 0 Å². The Labute approximate surface area is 124 Å². The summed E-state index contributed by atoms with van der Waals surface area (Å²) in [6.07, 6.45) is 3.10. The molecule has 1 saturated heterocycles. The Kier molecular flexibility index (Phi) is 4.94. The fraction of sp³-hybridized carbons (Fsp3) is 0.250. The van der Waals surface area contributed by atoms with Crippen LogP contribution in [0, 0.1) is 0 Å². The number of hydrogen-bond acceptors (Lipinski definition) is 6. The Morgan fingerprint density at radius 3 is 3.05 bits per heavy atom. The van der Waals surface area contributed by atoms with Gasteiger partial charge in [-0.3, -0.25) is 14.5 Å². The van der Waals surface area contributed by atoms with E-state index in [-0.39, 0.29) is 31.5 Å². The largest absolute Gasteiger partial charge is 0.465 e. The van der Waals surface area contributed by atoms with Gasteiger partial charge < -0.3 is 14.8 Å². The second-order valence-corrected chi connectivity index (χ2v) is 5.53. The maximum absolute atomic E-state index is 12.1. The van der Waals surface area contributed by atoms with Crippen LogP contribution in [0.1, 0.15) is 5.76 Å². The number of rotatable bonds is 5. The third-order valence-electron chi connectivity index (χ3n) is 2.43. The highest BCUT2D eigenvalue weighted by Crippen LogP contribution is 2.32. The quantitative estimate of drug-likeness (QED) is 0.612.